The maximum absolute atomic E-state index is 14.7. The van der Waals surface area contributed by atoms with E-state index in [9.17, 15) is 21.4 Å². The van der Waals surface area contributed by atoms with E-state index in [-0.39, 0.29) is 22.5 Å². The van der Waals surface area contributed by atoms with Gasteiger partial charge in [0, 0.05) is 5.56 Å². The maximum atomic E-state index is 14.7. The second kappa shape index (κ2) is 13.2. The van der Waals surface area contributed by atoms with Gasteiger partial charge < -0.3 is 8.74 Å². The zero-order valence-electron chi connectivity index (χ0n) is 25.4. The minimum Gasteiger partial charge on any atom is -0.744 e. The molecule has 0 aliphatic heterocycles. The molecule has 0 unspecified atom stereocenters. The van der Waals surface area contributed by atoms with Crippen molar-refractivity contribution in [1.82, 2.24) is 0 Å². The summed E-state index contributed by atoms with van der Waals surface area (Å²) < 4.78 is 71.8. The molecule has 0 N–H and O–H groups in total. The fourth-order valence-electron chi connectivity index (χ4n) is 8.54. The Morgan fingerprint density at radius 1 is 0.581 bits per heavy atom. The van der Waals surface area contributed by atoms with E-state index in [1.165, 1.54) is 49.8 Å². The standard InChI is InChI=1S/C35H48O6S2/c36-42(37,38)34-22-21-33(29-19-11-4-12-20-30(29)34)41-43(39,40)35-31(26-15-7-2-8-16-26)23-28(25-13-5-1-6-14-25)24-32(35)27-17-9-3-10-18-27/h21-27H,1-20H2,(H,36,37,38)/p-1. The van der Waals surface area contributed by atoms with E-state index in [0.717, 1.165) is 94.6 Å². The van der Waals surface area contributed by atoms with E-state index < -0.39 is 20.2 Å². The molecule has 0 heterocycles. The van der Waals surface area contributed by atoms with Gasteiger partial charge in [-0.1, -0.05) is 76.3 Å². The molecule has 6 nitrogen and oxygen atoms in total. The summed E-state index contributed by atoms with van der Waals surface area (Å²) in [6.45, 7) is 0. The maximum Gasteiger partial charge on any atom is 0.339 e. The van der Waals surface area contributed by atoms with Gasteiger partial charge in [-0.3, -0.25) is 0 Å². The Hall–Kier alpha value is -1.90. The highest BCUT2D eigenvalue weighted by atomic mass is 32.2. The zero-order chi connectivity index (χ0) is 30.0. The molecule has 43 heavy (non-hydrogen) atoms. The van der Waals surface area contributed by atoms with Crippen LogP contribution in [-0.4, -0.2) is 21.4 Å². The second-order valence-corrected chi connectivity index (χ2v) is 16.4. The van der Waals surface area contributed by atoms with Gasteiger partial charge in [0.2, 0.25) is 0 Å². The van der Waals surface area contributed by atoms with Crippen molar-refractivity contribution in [3.8, 4) is 5.75 Å². The monoisotopic (exact) mass is 627 g/mol. The van der Waals surface area contributed by atoms with E-state index in [1.54, 1.807) is 0 Å². The molecule has 4 aliphatic carbocycles. The van der Waals surface area contributed by atoms with Crippen molar-refractivity contribution in [3.05, 3.63) is 52.1 Å². The van der Waals surface area contributed by atoms with Crippen molar-refractivity contribution in [1.29, 1.82) is 0 Å². The minimum atomic E-state index is -4.69. The van der Waals surface area contributed by atoms with Crippen LogP contribution in [0.2, 0.25) is 0 Å². The van der Waals surface area contributed by atoms with Crippen LogP contribution in [0.5, 0.6) is 5.75 Å². The van der Waals surface area contributed by atoms with Crippen molar-refractivity contribution in [3.63, 3.8) is 0 Å². The Labute approximate surface area is 258 Å². The van der Waals surface area contributed by atoms with E-state index in [1.807, 2.05) is 0 Å². The Morgan fingerprint density at radius 3 is 1.56 bits per heavy atom. The molecule has 0 atom stereocenters. The molecule has 0 amide bonds. The first-order valence-corrected chi connectivity index (χ1v) is 19.8. The average Bonchev–Trinajstić information content (AvgIpc) is 3.28. The van der Waals surface area contributed by atoms with E-state index in [0.29, 0.717) is 34.8 Å². The first kappa shape index (κ1) is 31.1. The van der Waals surface area contributed by atoms with Gasteiger partial charge in [-0.2, -0.15) is 8.42 Å². The number of fused-ring (bicyclic) bond motifs is 1. The molecule has 8 heteroatoms. The van der Waals surface area contributed by atoms with Crippen LogP contribution in [0.25, 0.3) is 0 Å². The van der Waals surface area contributed by atoms with Crippen LogP contribution in [0.1, 0.15) is 161 Å². The van der Waals surface area contributed by atoms with Crippen LogP contribution < -0.4 is 4.18 Å². The summed E-state index contributed by atoms with van der Waals surface area (Å²) in [4.78, 5) is 0.144. The normalized spacial score (nSPS) is 21.7. The fraction of sp³-hybridized carbons (Fsp3) is 0.657. The summed E-state index contributed by atoms with van der Waals surface area (Å²) in [5, 5.41) is 0. The highest BCUT2D eigenvalue weighted by molar-refractivity contribution is 7.87. The highest BCUT2D eigenvalue weighted by Crippen LogP contribution is 2.46. The van der Waals surface area contributed by atoms with Crippen LogP contribution in [-0.2, 0) is 33.1 Å². The first-order chi connectivity index (χ1) is 20.7. The lowest BCUT2D eigenvalue weighted by molar-refractivity contribution is 0.414. The molecule has 0 aromatic heterocycles. The van der Waals surface area contributed by atoms with Gasteiger partial charge in [-0.25, -0.2) is 8.42 Å². The van der Waals surface area contributed by atoms with E-state index >= 15 is 0 Å². The summed E-state index contributed by atoms with van der Waals surface area (Å²) in [6, 6.07) is 7.14. The molecule has 2 aromatic carbocycles. The van der Waals surface area contributed by atoms with Crippen molar-refractivity contribution in [2.75, 3.05) is 0 Å². The van der Waals surface area contributed by atoms with Crippen molar-refractivity contribution >= 4 is 20.2 Å². The van der Waals surface area contributed by atoms with Crippen LogP contribution in [0.15, 0.2) is 34.1 Å². The molecule has 2 aromatic rings. The van der Waals surface area contributed by atoms with Gasteiger partial charge >= 0.3 is 10.1 Å². The molecule has 0 radical (unpaired) electrons. The quantitative estimate of drug-likeness (QED) is 0.173. The van der Waals surface area contributed by atoms with E-state index in [4.69, 9.17) is 4.18 Å². The summed E-state index contributed by atoms with van der Waals surface area (Å²) in [6.07, 6.45) is 20.2. The van der Waals surface area contributed by atoms with Crippen molar-refractivity contribution in [2.45, 2.75) is 156 Å². The topological polar surface area (TPSA) is 101 Å². The Kier molecular flexibility index (Phi) is 9.56. The number of hydrogen-bond acceptors (Lipinski definition) is 6. The second-order valence-electron chi connectivity index (χ2n) is 13.6. The van der Waals surface area contributed by atoms with Crippen LogP contribution >= 0.6 is 0 Å². The summed E-state index contributed by atoms with van der Waals surface area (Å²) >= 11 is 0. The summed E-state index contributed by atoms with van der Waals surface area (Å²) in [5.74, 6) is 1.05. The minimum absolute atomic E-state index is 0.185. The van der Waals surface area contributed by atoms with Gasteiger partial charge in [0.05, 0.1) is 4.90 Å². The molecule has 3 fully saturated rings. The predicted molar refractivity (Wildman–Crippen MR) is 167 cm³/mol. The molecule has 0 spiro atoms. The van der Waals surface area contributed by atoms with Gasteiger partial charge in [0.25, 0.3) is 0 Å². The third kappa shape index (κ3) is 6.86. The lowest BCUT2D eigenvalue weighted by Gasteiger charge is -2.32. The lowest BCUT2D eigenvalue weighted by Crippen LogP contribution is -2.22. The van der Waals surface area contributed by atoms with Crippen molar-refractivity contribution < 1.29 is 25.6 Å². The molecule has 0 bridgehead atoms. The number of benzene rings is 2. The first-order valence-electron chi connectivity index (χ1n) is 17.0. The Balaban J connectivity index is 1.50. The highest BCUT2D eigenvalue weighted by Gasteiger charge is 2.35. The van der Waals surface area contributed by atoms with E-state index in [2.05, 4.69) is 12.1 Å². The SMILES string of the molecule is O=S(=O)([O-])c1ccc(OS(=O)(=O)c2c(C3CCCCC3)cc(C3CCCCC3)cc2C2CCCCC2)c2c1CCCCC2. The molecule has 6 rings (SSSR count). The molecular formula is C35H47O6S2-. The van der Waals surface area contributed by atoms with Crippen LogP contribution in [0, 0.1) is 0 Å². The third-order valence-electron chi connectivity index (χ3n) is 10.8. The largest absolute Gasteiger partial charge is 0.744 e. The summed E-state index contributed by atoms with van der Waals surface area (Å²) in [5.41, 5.74) is 4.23. The third-order valence-corrected chi connectivity index (χ3v) is 13.0. The van der Waals surface area contributed by atoms with Gasteiger partial charge in [-0.15, -0.1) is 0 Å². The number of rotatable bonds is 7. The smallest absolute Gasteiger partial charge is 0.339 e. The van der Waals surface area contributed by atoms with Gasteiger partial charge in [0.1, 0.15) is 20.8 Å². The molecule has 0 saturated heterocycles. The molecule has 236 valence electrons. The number of hydrogen-bond donors (Lipinski definition) is 0. The van der Waals surface area contributed by atoms with Gasteiger partial charge in [-0.05, 0) is 116 Å². The lowest BCUT2D eigenvalue weighted by atomic mass is 9.76. The van der Waals surface area contributed by atoms with Gasteiger partial charge in [0.15, 0.2) is 0 Å². The summed E-state index contributed by atoms with van der Waals surface area (Å²) in [7, 11) is -8.93. The average molecular weight is 628 g/mol. The Morgan fingerprint density at radius 2 is 1.05 bits per heavy atom. The Bertz CT molecular complexity index is 1470. The molecule has 4 aliphatic rings. The fourth-order valence-corrected chi connectivity index (χ4v) is 10.8. The molecule has 3 saturated carbocycles. The zero-order valence-corrected chi connectivity index (χ0v) is 27.1. The van der Waals surface area contributed by atoms with Crippen LogP contribution in [0.4, 0.5) is 0 Å². The van der Waals surface area contributed by atoms with Crippen molar-refractivity contribution in [2.24, 2.45) is 0 Å². The van der Waals surface area contributed by atoms with Crippen LogP contribution in [0.3, 0.4) is 0 Å². The predicted octanol–water partition coefficient (Wildman–Crippen LogP) is 8.77. The molecular weight excluding hydrogens is 581 g/mol.